The van der Waals surface area contributed by atoms with Crippen LogP contribution in [0.15, 0.2) is 11.6 Å². The molecule has 2 rings (SSSR count). The third kappa shape index (κ3) is 2.84. The zero-order valence-corrected chi connectivity index (χ0v) is 9.51. The van der Waals surface area contributed by atoms with Crippen LogP contribution in [0.1, 0.15) is 10.7 Å². The second-order valence-electron chi connectivity index (χ2n) is 2.82. The normalized spacial score (nSPS) is 10.3. The number of nitrogens with one attached hydrogen (secondary N) is 1. The van der Waals surface area contributed by atoms with E-state index in [1.807, 2.05) is 12.3 Å². The monoisotopic (exact) mass is 241 g/mol. The molecular formula is C8H8ClN5S. The highest BCUT2D eigenvalue weighted by molar-refractivity contribution is 7.09. The summed E-state index contributed by atoms with van der Waals surface area (Å²) in [5.41, 5.74) is 0.979. The largest absolute Gasteiger partial charge is 0.363 e. The van der Waals surface area contributed by atoms with Gasteiger partial charge in [-0.05, 0) is 18.5 Å². The van der Waals surface area contributed by atoms with Crippen LogP contribution in [-0.2, 0) is 6.54 Å². The predicted molar refractivity (Wildman–Crippen MR) is 59.0 cm³/mol. The van der Waals surface area contributed by atoms with Gasteiger partial charge in [-0.1, -0.05) is 0 Å². The summed E-state index contributed by atoms with van der Waals surface area (Å²) in [6.07, 6.45) is 1.52. The molecule has 0 bridgehead atoms. The molecule has 78 valence electrons. The lowest BCUT2D eigenvalue weighted by atomic mass is 10.5. The summed E-state index contributed by atoms with van der Waals surface area (Å²) >= 11 is 7.21. The third-order valence-corrected chi connectivity index (χ3v) is 2.63. The van der Waals surface area contributed by atoms with Crippen molar-refractivity contribution in [1.29, 1.82) is 0 Å². The van der Waals surface area contributed by atoms with Crippen LogP contribution < -0.4 is 5.32 Å². The van der Waals surface area contributed by atoms with Gasteiger partial charge in [-0.3, -0.25) is 0 Å². The third-order valence-electron chi connectivity index (χ3n) is 1.65. The van der Waals surface area contributed by atoms with Crippen LogP contribution >= 0.6 is 22.9 Å². The molecule has 0 spiro atoms. The lowest BCUT2D eigenvalue weighted by Gasteiger charge is -2.01. The van der Waals surface area contributed by atoms with E-state index in [-0.39, 0.29) is 5.28 Å². The number of thiazole rings is 1. The fraction of sp³-hybridized carbons (Fsp3) is 0.250. The standard InChI is InChI=1S/C8H8ClN5S/c1-5-12-6(4-15-5)2-10-7-3-11-14-8(9)13-7/h3-4H,2H2,1H3,(H,10,13,14). The van der Waals surface area contributed by atoms with Crippen molar-refractivity contribution in [3.05, 3.63) is 27.6 Å². The van der Waals surface area contributed by atoms with Gasteiger partial charge in [0, 0.05) is 5.38 Å². The Bertz CT molecular complexity index is 458. The van der Waals surface area contributed by atoms with Crippen LogP contribution in [0, 0.1) is 6.92 Å². The molecule has 2 aromatic rings. The summed E-state index contributed by atoms with van der Waals surface area (Å²) in [5, 5.41) is 13.5. The number of rotatable bonds is 3. The van der Waals surface area contributed by atoms with Gasteiger partial charge >= 0.3 is 0 Å². The Hall–Kier alpha value is -1.27. The van der Waals surface area contributed by atoms with E-state index >= 15 is 0 Å². The SMILES string of the molecule is Cc1nc(CNc2cnnc(Cl)n2)cs1. The molecule has 0 aliphatic heterocycles. The van der Waals surface area contributed by atoms with Crippen LogP contribution in [0.25, 0.3) is 0 Å². The van der Waals surface area contributed by atoms with Crippen molar-refractivity contribution in [2.24, 2.45) is 0 Å². The summed E-state index contributed by atoms with van der Waals surface area (Å²) in [6, 6.07) is 0. The molecule has 2 heterocycles. The zero-order valence-electron chi connectivity index (χ0n) is 7.94. The predicted octanol–water partition coefficient (Wildman–Crippen LogP) is 1.90. The molecule has 0 saturated carbocycles. The fourth-order valence-corrected chi connectivity index (χ4v) is 1.78. The van der Waals surface area contributed by atoms with E-state index in [1.54, 1.807) is 11.3 Å². The average Bonchev–Trinajstić information content (AvgIpc) is 2.62. The molecule has 15 heavy (non-hydrogen) atoms. The number of hydrogen-bond donors (Lipinski definition) is 1. The van der Waals surface area contributed by atoms with Gasteiger partial charge in [-0.15, -0.1) is 16.4 Å². The Kier molecular flexibility index (Phi) is 3.08. The second kappa shape index (κ2) is 4.50. The van der Waals surface area contributed by atoms with Gasteiger partial charge in [0.1, 0.15) is 5.82 Å². The Morgan fingerprint density at radius 3 is 3.00 bits per heavy atom. The van der Waals surface area contributed by atoms with Gasteiger partial charge in [-0.25, -0.2) is 4.98 Å². The molecule has 0 fully saturated rings. The van der Waals surface area contributed by atoms with Crippen molar-refractivity contribution in [2.45, 2.75) is 13.5 Å². The summed E-state index contributed by atoms with van der Waals surface area (Å²) in [6.45, 7) is 2.58. The Labute approximate surface area is 95.6 Å². The number of nitrogens with zero attached hydrogens (tertiary/aromatic N) is 4. The minimum absolute atomic E-state index is 0.134. The van der Waals surface area contributed by atoms with E-state index in [9.17, 15) is 0 Å². The summed E-state index contributed by atoms with van der Waals surface area (Å²) in [7, 11) is 0. The van der Waals surface area contributed by atoms with Crippen LogP contribution in [0.2, 0.25) is 5.28 Å². The van der Waals surface area contributed by atoms with Gasteiger partial charge in [0.05, 0.1) is 23.4 Å². The molecule has 0 radical (unpaired) electrons. The quantitative estimate of drug-likeness (QED) is 0.889. The minimum atomic E-state index is 0.134. The van der Waals surface area contributed by atoms with Crippen molar-refractivity contribution in [1.82, 2.24) is 20.2 Å². The van der Waals surface area contributed by atoms with E-state index in [4.69, 9.17) is 11.6 Å². The topological polar surface area (TPSA) is 63.6 Å². The Morgan fingerprint density at radius 1 is 1.47 bits per heavy atom. The van der Waals surface area contributed by atoms with Crippen molar-refractivity contribution < 1.29 is 0 Å². The van der Waals surface area contributed by atoms with E-state index < -0.39 is 0 Å². The van der Waals surface area contributed by atoms with Gasteiger partial charge in [0.15, 0.2) is 0 Å². The second-order valence-corrected chi connectivity index (χ2v) is 4.22. The maximum Gasteiger partial charge on any atom is 0.244 e. The fourth-order valence-electron chi connectivity index (χ4n) is 1.04. The molecule has 0 aliphatic rings. The minimum Gasteiger partial charge on any atom is -0.363 e. The Morgan fingerprint density at radius 2 is 2.33 bits per heavy atom. The molecule has 2 aromatic heterocycles. The van der Waals surface area contributed by atoms with Crippen LogP contribution in [-0.4, -0.2) is 20.2 Å². The van der Waals surface area contributed by atoms with E-state index in [0.717, 1.165) is 10.7 Å². The highest BCUT2D eigenvalue weighted by Gasteiger charge is 2.00. The van der Waals surface area contributed by atoms with Gasteiger partial charge in [0.25, 0.3) is 0 Å². The van der Waals surface area contributed by atoms with Crippen molar-refractivity contribution in [3.8, 4) is 0 Å². The lowest BCUT2D eigenvalue weighted by molar-refractivity contribution is 0.950. The highest BCUT2D eigenvalue weighted by Crippen LogP contribution is 2.10. The van der Waals surface area contributed by atoms with E-state index in [2.05, 4.69) is 25.5 Å². The smallest absolute Gasteiger partial charge is 0.244 e. The number of anilines is 1. The number of aromatic nitrogens is 4. The van der Waals surface area contributed by atoms with Crippen molar-refractivity contribution in [3.63, 3.8) is 0 Å². The lowest BCUT2D eigenvalue weighted by Crippen LogP contribution is -2.03. The van der Waals surface area contributed by atoms with Crippen molar-refractivity contribution >= 4 is 28.8 Å². The van der Waals surface area contributed by atoms with E-state index in [1.165, 1.54) is 6.20 Å². The van der Waals surface area contributed by atoms with Gasteiger partial charge in [0.2, 0.25) is 5.28 Å². The first-order valence-corrected chi connectivity index (χ1v) is 5.50. The van der Waals surface area contributed by atoms with E-state index in [0.29, 0.717) is 12.4 Å². The molecule has 0 atom stereocenters. The van der Waals surface area contributed by atoms with Crippen LogP contribution in [0.3, 0.4) is 0 Å². The molecule has 0 unspecified atom stereocenters. The maximum absolute atomic E-state index is 5.59. The van der Waals surface area contributed by atoms with Crippen LogP contribution in [0.5, 0.6) is 0 Å². The molecule has 5 nitrogen and oxygen atoms in total. The Balaban J connectivity index is 1.99. The highest BCUT2D eigenvalue weighted by atomic mass is 35.5. The first-order chi connectivity index (χ1) is 7.24. The average molecular weight is 242 g/mol. The first-order valence-electron chi connectivity index (χ1n) is 4.24. The van der Waals surface area contributed by atoms with Gasteiger partial charge in [-0.2, -0.15) is 10.1 Å². The number of aryl methyl sites for hydroxylation is 1. The number of hydrogen-bond acceptors (Lipinski definition) is 6. The first kappa shape index (κ1) is 10.3. The summed E-state index contributed by atoms with van der Waals surface area (Å²) in [5.74, 6) is 0.598. The molecular weight excluding hydrogens is 234 g/mol. The molecule has 7 heteroatoms. The van der Waals surface area contributed by atoms with Gasteiger partial charge < -0.3 is 5.32 Å². The number of halogens is 1. The maximum atomic E-state index is 5.59. The molecule has 0 saturated heterocycles. The zero-order chi connectivity index (χ0) is 10.7. The molecule has 1 N–H and O–H groups in total. The molecule has 0 aliphatic carbocycles. The molecule has 0 aromatic carbocycles. The molecule has 0 amide bonds. The van der Waals surface area contributed by atoms with Crippen LogP contribution in [0.4, 0.5) is 5.82 Å². The summed E-state index contributed by atoms with van der Waals surface area (Å²) in [4.78, 5) is 8.26. The van der Waals surface area contributed by atoms with Crippen molar-refractivity contribution in [2.75, 3.05) is 5.32 Å². The summed E-state index contributed by atoms with van der Waals surface area (Å²) < 4.78 is 0.